The topological polar surface area (TPSA) is 80.7 Å². The Morgan fingerprint density at radius 3 is 2.67 bits per heavy atom. The van der Waals surface area contributed by atoms with E-state index in [4.69, 9.17) is 9.47 Å². The van der Waals surface area contributed by atoms with Crippen molar-refractivity contribution in [3.05, 3.63) is 96.2 Å². The lowest BCUT2D eigenvalue weighted by Gasteiger charge is -2.22. The van der Waals surface area contributed by atoms with Crippen LogP contribution in [0.25, 0.3) is 10.9 Å². The number of aromatic hydroxyl groups is 1. The van der Waals surface area contributed by atoms with Crippen LogP contribution in [0.1, 0.15) is 30.5 Å². The van der Waals surface area contributed by atoms with Gasteiger partial charge >= 0.3 is 0 Å². The molecule has 170 valence electrons. The molecule has 6 heteroatoms. The summed E-state index contributed by atoms with van der Waals surface area (Å²) in [6, 6.07) is 12.1. The number of amides is 1. The number of methoxy groups -OCH3 is 2. The summed E-state index contributed by atoms with van der Waals surface area (Å²) in [6.07, 6.45) is 9.13. The second-order valence-electron chi connectivity index (χ2n) is 7.41. The zero-order valence-electron chi connectivity index (χ0n) is 19.0. The van der Waals surface area contributed by atoms with E-state index in [9.17, 15) is 9.90 Å². The van der Waals surface area contributed by atoms with Crippen molar-refractivity contribution in [2.45, 2.75) is 19.4 Å². The molecule has 2 aromatic carbocycles. The molecule has 0 radical (unpaired) electrons. The number of benzene rings is 2. The molecular weight excluding hydrogens is 416 g/mol. The number of nitrogens with zero attached hydrogens (tertiary/aromatic N) is 1. The highest BCUT2D eigenvalue weighted by atomic mass is 16.5. The normalized spacial score (nSPS) is 12.2. The number of aromatic nitrogens is 1. The molecule has 1 heterocycles. The zero-order chi connectivity index (χ0) is 23.8. The van der Waals surface area contributed by atoms with Crippen LogP contribution >= 0.6 is 0 Å². The predicted octanol–water partition coefficient (Wildman–Crippen LogP) is 5.24. The van der Waals surface area contributed by atoms with Gasteiger partial charge in [0.1, 0.15) is 11.3 Å². The Morgan fingerprint density at radius 2 is 1.94 bits per heavy atom. The van der Waals surface area contributed by atoms with Gasteiger partial charge in [0.05, 0.1) is 26.7 Å². The number of carbonyl (C=O) groups excluding carboxylic acids is 1. The van der Waals surface area contributed by atoms with Crippen molar-refractivity contribution in [3.8, 4) is 17.2 Å². The first kappa shape index (κ1) is 23.6. The zero-order valence-corrected chi connectivity index (χ0v) is 19.0. The molecule has 0 aliphatic carbocycles. The Labute approximate surface area is 193 Å². The molecule has 1 amide bonds. The van der Waals surface area contributed by atoms with Gasteiger partial charge in [-0.25, -0.2) is 0 Å². The summed E-state index contributed by atoms with van der Waals surface area (Å²) in [6.45, 7) is 5.87. The molecule has 1 unspecified atom stereocenters. The molecule has 0 bridgehead atoms. The maximum Gasteiger partial charge on any atom is 0.225 e. The number of phenolic OH excluding ortho intramolecular Hbond substituents is 1. The van der Waals surface area contributed by atoms with Gasteiger partial charge in [-0.1, -0.05) is 55.1 Å². The Bertz CT molecular complexity index is 1210. The summed E-state index contributed by atoms with van der Waals surface area (Å²) in [4.78, 5) is 17.2. The molecule has 1 atom stereocenters. The number of carbonyl (C=O) groups is 1. The van der Waals surface area contributed by atoms with Gasteiger partial charge in [0, 0.05) is 17.1 Å². The standard InChI is InChI=1S/C27H28N2O4/c1-5-6-7-9-18(2)16-24(30)29-25(20-12-14-22(32-3)23(17-20)33-4)21-13-11-19-10-8-15-28-26(19)27(21)31/h5-15,17,25,31H,2,16H2,1,3-4H3,(H,29,30). The number of rotatable bonds is 9. The molecule has 6 nitrogen and oxygen atoms in total. The van der Waals surface area contributed by atoms with Crippen LogP contribution in [-0.2, 0) is 4.79 Å². The highest BCUT2D eigenvalue weighted by molar-refractivity contribution is 5.86. The molecule has 0 fully saturated rings. The van der Waals surface area contributed by atoms with Crippen LogP contribution in [0.3, 0.4) is 0 Å². The SMILES string of the molecule is C=C(C=CC=CC)CC(=O)NC(c1ccc(OC)c(OC)c1)c1ccc2cccnc2c1O. The third-order valence-electron chi connectivity index (χ3n) is 5.16. The molecule has 0 spiro atoms. The molecule has 0 aliphatic rings. The van der Waals surface area contributed by atoms with E-state index in [0.717, 1.165) is 10.9 Å². The number of nitrogens with one attached hydrogen (secondary N) is 1. The van der Waals surface area contributed by atoms with Gasteiger partial charge in [-0.2, -0.15) is 0 Å². The van der Waals surface area contributed by atoms with Gasteiger partial charge in [-0.3, -0.25) is 9.78 Å². The Morgan fingerprint density at radius 1 is 1.15 bits per heavy atom. The van der Waals surface area contributed by atoms with E-state index < -0.39 is 6.04 Å². The van der Waals surface area contributed by atoms with Crippen molar-refractivity contribution in [3.63, 3.8) is 0 Å². The molecule has 0 aliphatic heterocycles. The third kappa shape index (κ3) is 5.60. The molecule has 1 aromatic heterocycles. The van der Waals surface area contributed by atoms with Crippen LogP contribution < -0.4 is 14.8 Å². The van der Waals surface area contributed by atoms with E-state index in [1.165, 1.54) is 0 Å². The molecule has 0 saturated heterocycles. The predicted molar refractivity (Wildman–Crippen MR) is 131 cm³/mol. The lowest BCUT2D eigenvalue weighted by atomic mass is 9.95. The van der Waals surface area contributed by atoms with Gasteiger partial charge in [-0.15, -0.1) is 0 Å². The minimum Gasteiger partial charge on any atom is -0.505 e. The van der Waals surface area contributed by atoms with Crippen LogP contribution in [0, 0.1) is 0 Å². The second kappa shape index (κ2) is 11.0. The summed E-state index contributed by atoms with van der Waals surface area (Å²) in [7, 11) is 3.11. The van der Waals surface area contributed by atoms with Gasteiger partial charge in [0.25, 0.3) is 0 Å². The number of hydrogen-bond acceptors (Lipinski definition) is 5. The maximum absolute atomic E-state index is 12.9. The van der Waals surface area contributed by atoms with E-state index in [0.29, 0.717) is 28.2 Å². The lowest BCUT2D eigenvalue weighted by Crippen LogP contribution is -2.29. The fourth-order valence-corrected chi connectivity index (χ4v) is 3.53. The lowest BCUT2D eigenvalue weighted by molar-refractivity contribution is -0.120. The number of hydrogen-bond donors (Lipinski definition) is 2. The smallest absolute Gasteiger partial charge is 0.225 e. The van der Waals surface area contributed by atoms with Crippen LogP contribution in [0.15, 0.2) is 85.1 Å². The number of allylic oxidation sites excluding steroid dienone is 4. The monoisotopic (exact) mass is 444 g/mol. The van der Waals surface area contributed by atoms with Gasteiger partial charge < -0.3 is 19.9 Å². The van der Waals surface area contributed by atoms with E-state index in [1.54, 1.807) is 44.7 Å². The van der Waals surface area contributed by atoms with Crippen LogP contribution in [0.5, 0.6) is 17.2 Å². The molecule has 3 aromatic rings. The largest absolute Gasteiger partial charge is 0.505 e. The first-order valence-electron chi connectivity index (χ1n) is 10.5. The van der Waals surface area contributed by atoms with Gasteiger partial charge in [-0.05, 0) is 36.3 Å². The fraction of sp³-hybridized carbons (Fsp3) is 0.185. The Balaban J connectivity index is 2.01. The van der Waals surface area contributed by atoms with E-state index in [-0.39, 0.29) is 18.1 Å². The minimum atomic E-state index is -0.643. The Hall–Kier alpha value is -4.06. The van der Waals surface area contributed by atoms with Crippen molar-refractivity contribution in [1.29, 1.82) is 0 Å². The van der Waals surface area contributed by atoms with Gasteiger partial charge in [0.15, 0.2) is 11.5 Å². The van der Waals surface area contributed by atoms with Crippen molar-refractivity contribution >= 4 is 16.8 Å². The number of pyridine rings is 1. The van der Waals surface area contributed by atoms with E-state index in [1.807, 2.05) is 49.4 Å². The van der Waals surface area contributed by atoms with Crippen molar-refractivity contribution in [1.82, 2.24) is 10.3 Å². The average molecular weight is 445 g/mol. The summed E-state index contributed by atoms with van der Waals surface area (Å²) in [5.74, 6) is 0.870. The van der Waals surface area contributed by atoms with Crippen molar-refractivity contribution in [2.75, 3.05) is 14.2 Å². The van der Waals surface area contributed by atoms with Gasteiger partial charge in [0.2, 0.25) is 5.91 Å². The number of phenols is 1. The Kier molecular flexibility index (Phi) is 7.86. The molecule has 3 rings (SSSR count). The van der Waals surface area contributed by atoms with Crippen molar-refractivity contribution in [2.24, 2.45) is 0 Å². The molecule has 2 N–H and O–H groups in total. The second-order valence-corrected chi connectivity index (χ2v) is 7.41. The first-order chi connectivity index (χ1) is 16.0. The number of ether oxygens (including phenoxy) is 2. The van der Waals surface area contributed by atoms with Crippen LogP contribution in [-0.4, -0.2) is 30.2 Å². The quantitative estimate of drug-likeness (QED) is 0.441. The van der Waals surface area contributed by atoms with Crippen molar-refractivity contribution < 1.29 is 19.4 Å². The first-order valence-corrected chi connectivity index (χ1v) is 10.5. The van der Waals surface area contributed by atoms with Crippen LogP contribution in [0.2, 0.25) is 0 Å². The van der Waals surface area contributed by atoms with E-state index >= 15 is 0 Å². The highest BCUT2D eigenvalue weighted by Crippen LogP contribution is 2.37. The molecule has 0 saturated carbocycles. The maximum atomic E-state index is 12.9. The molecule has 33 heavy (non-hydrogen) atoms. The minimum absolute atomic E-state index is 0.0139. The highest BCUT2D eigenvalue weighted by Gasteiger charge is 2.23. The van der Waals surface area contributed by atoms with Crippen LogP contribution in [0.4, 0.5) is 0 Å². The summed E-state index contributed by atoms with van der Waals surface area (Å²) >= 11 is 0. The third-order valence-corrected chi connectivity index (χ3v) is 5.16. The fourth-order valence-electron chi connectivity index (χ4n) is 3.53. The molecular formula is C27H28N2O4. The summed E-state index contributed by atoms with van der Waals surface area (Å²) in [5.41, 5.74) is 2.38. The van der Waals surface area contributed by atoms with E-state index in [2.05, 4.69) is 16.9 Å². The summed E-state index contributed by atoms with van der Waals surface area (Å²) in [5, 5.41) is 14.9. The number of fused-ring (bicyclic) bond motifs is 1. The summed E-state index contributed by atoms with van der Waals surface area (Å²) < 4.78 is 10.8. The average Bonchev–Trinajstić information content (AvgIpc) is 2.83.